The molecule has 0 atom stereocenters. The second-order valence-electron chi connectivity index (χ2n) is 9.66. The maximum atomic E-state index is 12.3. The number of rotatable bonds is 7. The Morgan fingerprint density at radius 3 is 2.56 bits per heavy atom. The van der Waals surface area contributed by atoms with Crippen LogP contribution in [-0.4, -0.2) is 48.6 Å². The Kier molecular flexibility index (Phi) is 7.45. The van der Waals surface area contributed by atoms with Crippen LogP contribution in [0.15, 0.2) is 41.8 Å². The molecule has 0 amide bonds. The van der Waals surface area contributed by atoms with Crippen molar-refractivity contribution in [2.75, 3.05) is 37.6 Å². The van der Waals surface area contributed by atoms with Crippen molar-refractivity contribution in [3.8, 4) is 11.3 Å². The van der Waals surface area contributed by atoms with E-state index in [-0.39, 0.29) is 5.97 Å². The van der Waals surface area contributed by atoms with Crippen molar-refractivity contribution in [3.63, 3.8) is 0 Å². The number of carbonyl (C=O) groups excluding carboxylic acids is 1. The molecular formula is C28H35N3O2S. The van der Waals surface area contributed by atoms with Crippen molar-refractivity contribution in [3.05, 3.63) is 47.3 Å². The van der Waals surface area contributed by atoms with E-state index in [1.807, 2.05) is 0 Å². The van der Waals surface area contributed by atoms with Gasteiger partial charge in [0.05, 0.1) is 10.4 Å². The Hall–Kier alpha value is -2.44. The zero-order valence-corrected chi connectivity index (χ0v) is 21.0. The quantitative estimate of drug-likeness (QED) is 0.384. The van der Waals surface area contributed by atoms with E-state index in [2.05, 4.69) is 58.5 Å². The third-order valence-corrected chi connectivity index (χ3v) is 8.29. The first-order valence-electron chi connectivity index (χ1n) is 12.8. The van der Waals surface area contributed by atoms with Crippen molar-refractivity contribution >= 4 is 33.2 Å². The molecule has 0 N–H and O–H groups in total. The summed E-state index contributed by atoms with van der Waals surface area (Å²) in [5.74, 6) is 1.56. The van der Waals surface area contributed by atoms with Gasteiger partial charge in [0.25, 0.3) is 0 Å². The number of piperazine rings is 1. The number of benzene rings is 1. The normalized spacial score (nSPS) is 17.9. The molecule has 180 valence electrons. The molecule has 3 heterocycles. The summed E-state index contributed by atoms with van der Waals surface area (Å²) in [7, 11) is 0. The minimum Gasteiger partial charge on any atom is -0.461 e. The minimum atomic E-state index is -0.0617. The van der Waals surface area contributed by atoms with E-state index in [1.54, 1.807) is 11.3 Å². The largest absolute Gasteiger partial charge is 0.461 e. The molecule has 1 saturated carbocycles. The van der Waals surface area contributed by atoms with E-state index in [9.17, 15) is 4.79 Å². The van der Waals surface area contributed by atoms with Crippen molar-refractivity contribution in [2.24, 2.45) is 5.92 Å². The topological polar surface area (TPSA) is 45.7 Å². The number of nitrogens with zero attached hydrogens (tertiary/aromatic N) is 3. The molecule has 34 heavy (non-hydrogen) atoms. The van der Waals surface area contributed by atoms with Gasteiger partial charge in [-0.15, -0.1) is 11.3 Å². The molecular weight excluding hydrogens is 442 g/mol. The molecule has 1 aliphatic carbocycles. The second-order valence-corrected chi connectivity index (χ2v) is 10.6. The van der Waals surface area contributed by atoms with Crippen LogP contribution in [0.2, 0.25) is 0 Å². The lowest BCUT2D eigenvalue weighted by atomic mass is 9.87. The van der Waals surface area contributed by atoms with Gasteiger partial charge in [0.1, 0.15) is 12.4 Å². The SMILES string of the molecule is CCN1CCN(c2nc(-c3ccc(COC(=O)CC4CCCCC4)cc3)cc3ccsc23)CC1. The van der Waals surface area contributed by atoms with Crippen molar-refractivity contribution < 1.29 is 9.53 Å². The molecule has 2 aliphatic rings. The molecule has 0 spiro atoms. The molecule has 3 aromatic rings. The van der Waals surface area contributed by atoms with Gasteiger partial charge in [-0.3, -0.25) is 4.79 Å². The molecule has 5 nitrogen and oxygen atoms in total. The highest BCUT2D eigenvalue weighted by molar-refractivity contribution is 7.17. The van der Waals surface area contributed by atoms with E-state index in [4.69, 9.17) is 9.72 Å². The average molecular weight is 478 g/mol. The van der Waals surface area contributed by atoms with Gasteiger partial charge in [-0.05, 0) is 53.8 Å². The van der Waals surface area contributed by atoms with Gasteiger partial charge in [-0.2, -0.15) is 0 Å². The van der Waals surface area contributed by atoms with Crippen molar-refractivity contribution in [1.82, 2.24) is 9.88 Å². The summed E-state index contributed by atoms with van der Waals surface area (Å²) in [5, 5.41) is 3.41. The molecule has 0 bridgehead atoms. The summed E-state index contributed by atoms with van der Waals surface area (Å²) in [4.78, 5) is 22.3. The van der Waals surface area contributed by atoms with Crippen LogP contribution in [0.3, 0.4) is 0 Å². The number of hydrogen-bond donors (Lipinski definition) is 0. The molecule has 5 rings (SSSR count). The Morgan fingerprint density at radius 2 is 1.82 bits per heavy atom. The molecule has 1 aliphatic heterocycles. The third-order valence-electron chi connectivity index (χ3n) is 7.37. The Bertz CT molecular complexity index is 1100. The monoisotopic (exact) mass is 477 g/mol. The predicted molar refractivity (Wildman–Crippen MR) is 140 cm³/mol. The number of likely N-dealkylation sites (N-methyl/N-ethyl adjacent to an activating group) is 1. The van der Waals surface area contributed by atoms with Crippen LogP contribution in [0.25, 0.3) is 21.3 Å². The van der Waals surface area contributed by atoms with Crippen molar-refractivity contribution in [2.45, 2.75) is 52.1 Å². The first-order valence-corrected chi connectivity index (χ1v) is 13.7. The van der Waals surface area contributed by atoms with Gasteiger partial charge in [0.2, 0.25) is 0 Å². The smallest absolute Gasteiger partial charge is 0.306 e. The van der Waals surface area contributed by atoms with Crippen LogP contribution in [0.5, 0.6) is 0 Å². The number of carbonyl (C=O) groups is 1. The Labute approximate surface area is 206 Å². The number of fused-ring (bicyclic) bond motifs is 1. The average Bonchev–Trinajstić information content (AvgIpc) is 3.37. The maximum Gasteiger partial charge on any atom is 0.306 e. The number of thiophene rings is 1. The Balaban J connectivity index is 1.26. The van der Waals surface area contributed by atoms with Gasteiger partial charge in [-0.1, -0.05) is 50.5 Å². The lowest BCUT2D eigenvalue weighted by Crippen LogP contribution is -2.46. The summed E-state index contributed by atoms with van der Waals surface area (Å²) < 4.78 is 6.85. The zero-order chi connectivity index (χ0) is 23.3. The van der Waals surface area contributed by atoms with Gasteiger partial charge in [0.15, 0.2) is 0 Å². The third kappa shape index (κ3) is 5.44. The first kappa shape index (κ1) is 23.3. The first-order chi connectivity index (χ1) is 16.7. The second kappa shape index (κ2) is 10.9. The lowest BCUT2D eigenvalue weighted by molar-refractivity contribution is -0.146. The fourth-order valence-electron chi connectivity index (χ4n) is 5.22. The van der Waals surface area contributed by atoms with Crippen molar-refractivity contribution in [1.29, 1.82) is 0 Å². The summed E-state index contributed by atoms with van der Waals surface area (Å²) in [6.45, 7) is 7.89. The van der Waals surface area contributed by atoms with Crippen LogP contribution in [0.4, 0.5) is 5.82 Å². The number of aromatic nitrogens is 1. The summed E-state index contributed by atoms with van der Waals surface area (Å²) in [6, 6.07) is 12.7. The van der Waals surface area contributed by atoms with E-state index >= 15 is 0 Å². The van der Waals surface area contributed by atoms with Gasteiger partial charge >= 0.3 is 5.97 Å². The zero-order valence-electron chi connectivity index (χ0n) is 20.2. The van der Waals surface area contributed by atoms with Gasteiger partial charge < -0.3 is 14.5 Å². The maximum absolute atomic E-state index is 12.3. The molecule has 1 saturated heterocycles. The molecule has 1 aromatic carbocycles. The highest BCUT2D eigenvalue weighted by atomic mass is 32.1. The lowest BCUT2D eigenvalue weighted by Gasteiger charge is -2.35. The van der Waals surface area contributed by atoms with E-state index in [0.717, 1.165) is 55.4 Å². The number of pyridine rings is 1. The molecule has 0 radical (unpaired) electrons. The fraction of sp³-hybridized carbons (Fsp3) is 0.500. The molecule has 0 unspecified atom stereocenters. The summed E-state index contributed by atoms with van der Waals surface area (Å²) in [5.41, 5.74) is 3.12. The van der Waals surface area contributed by atoms with E-state index in [0.29, 0.717) is 18.9 Å². The van der Waals surface area contributed by atoms with Crippen LogP contribution >= 0.6 is 11.3 Å². The fourth-order valence-corrected chi connectivity index (χ4v) is 6.11. The highest BCUT2D eigenvalue weighted by Crippen LogP contribution is 2.34. The van der Waals surface area contributed by atoms with Gasteiger partial charge in [0, 0.05) is 38.2 Å². The summed E-state index contributed by atoms with van der Waals surface area (Å²) in [6.07, 6.45) is 6.71. The number of esters is 1. The minimum absolute atomic E-state index is 0.0617. The standard InChI is InChI=1S/C28H35N3O2S/c1-2-30-13-15-31(16-14-30)28-27-24(12-17-34-27)19-25(29-28)23-10-8-22(9-11-23)20-33-26(32)18-21-6-4-3-5-7-21/h8-12,17,19,21H,2-7,13-16,18,20H2,1H3. The molecule has 6 heteroatoms. The van der Waals surface area contributed by atoms with Crippen LogP contribution in [0.1, 0.15) is 51.0 Å². The molecule has 2 aromatic heterocycles. The van der Waals surface area contributed by atoms with E-state index in [1.165, 1.54) is 42.2 Å². The highest BCUT2D eigenvalue weighted by Gasteiger charge is 2.21. The van der Waals surface area contributed by atoms with Crippen LogP contribution in [-0.2, 0) is 16.1 Å². The van der Waals surface area contributed by atoms with E-state index < -0.39 is 0 Å². The summed E-state index contributed by atoms with van der Waals surface area (Å²) >= 11 is 1.78. The molecule has 2 fully saturated rings. The number of hydrogen-bond acceptors (Lipinski definition) is 6. The van der Waals surface area contributed by atoms with Gasteiger partial charge in [-0.25, -0.2) is 4.98 Å². The Morgan fingerprint density at radius 1 is 1.06 bits per heavy atom. The van der Waals surface area contributed by atoms with Crippen LogP contribution < -0.4 is 4.90 Å². The number of ether oxygens (including phenoxy) is 1. The van der Waals surface area contributed by atoms with Crippen LogP contribution in [0, 0.1) is 5.92 Å². The predicted octanol–water partition coefficient (Wildman–Crippen LogP) is 6.12. The number of anilines is 1.